The zero-order chi connectivity index (χ0) is 21.8. The lowest BCUT2D eigenvalue weighted by Gasteiger charge is -2.31. The number of anilines is 2. The first-order valence-electron chi connectivity index (χ1n) is 9.92. The number of nitrogens with zero attached hydrogens (tertiary/aromatic N) is 1. The maximum atomic E-state index is 13.1. The van der Waals surface area contributed by atoms with Crippen LogP contribution in [-0.4, -0.2) is 55.5 Å². The third kappa shape index (κ3) is 5.42. The van der Waals surface area contributed by atoms with Crippen LogP contribution in [-0.2, 0) is 25.2 Å². The molecule has 0 aromatic heterocycles. The van der Waals surface area contributed by atoms with Gasteiger partial charge in [-0.05, 0) is 43.9 Å². The molecule has 1 saturated carbocycles. The number of morpholine rings is 1. The maximum absolute atomic E-state index is 13.1. The van der Waals surface area contributed by atoms with Crippen LogP contribution in [0.3, 0.4) is 0 Å². The predicted molar refractivity (Wildman–Crippen MR) is 102 cm³/mol. The van der Waals surface area contributed by atoms with Crippen LogP contribution in [0.1, 0.15) is 37.7 Å². The predicted octanol–water partition coefficient (Wildman–Crippen LogP) is 2.72. The Labute approximate surface area is 172 Å². The Kier molecular flexibility index (Phi) is 6.87. The zero-order valence-corrected chi connectivity index (χ0v) is 16.5. The number of halogens is 3. The number of nitrogens with one attached hydrogen (secondary N) is 1. The van der Waals surface area contributed by atoms with Crippen molar-refractivity contribution in [3.8, 4) is 0 Å². The van der Waals surface area contributed by atoms with Gasteiger partial charge in [0.2, 0.25) is 0 Å². The minimum absolute atomic E-state index is 0.0239. The summed E-state index contributed by atoms with van der Waals surface area (Å²) < 4.78 is 49.6. The topological polar surface area (TPSA) is 88.1 Å². The maximum Gasteiger partial charge on any atom is 0.416 e. The van der Waals surface area contributed by atoms with Crippen LogP contribution < -0.4 is 10.2 Å². The molecule has 10 heteroatoms. The Balaban J connectivity index is 1.69. The van der Waals surface area contributed by atoms with Crippen LogP contribution in [0.4, 0.5) is 24.5 Å². The SMILES string of the molecule is O=C(COC(=O)C1(O)CCCCC1)Nc1cc(C(F)(F)F)ccc1N1CCOCC1. The van der Waals surface area contributed by atoms with E-state index in [4.69, 9.17) is 9.47 Å². The van der Waals surface area contributed by atoms with Crippen molar-refractivity contribution in [2.45, 2.75) is 43.9 Å². The Hall–Kier alpha value is -2.33. The molecular weight excluding hydrogens is 405 g/mol. The number of rotatable bonds is 5. The molecule has 1 saturated heterocycles. The first kappa shape index (κ1) is 22.4. The highest BCUT2D eigenvalue weighted by molar-refractivity contribution is 5.96. The van der Waals surface area contributed by atoms with Gasteiger partial charge in [0, 0.05) is 13.1 Å². The van der Waals surface area contributed by atoms with Gasteiger partial charge in [0.05, 0.1) is 30.2 Å². The fourth-order valence-electron chi connectivity index (χ4n) is 3.69. The molecule has 1 aliphatic heterocycles. The number of hydrogen-bond donors (Lipinski definition) is 2. The molecule has 2 N–H and O–H groups in total. The van der Waals surface area contributed by atoms with Crippen LogP contribution in [0.15, 0.2) is 18.2 Å². The summed E-state index contributed by atoms with van der Waals surface area (Å²) in [4.78, 5) is 26.3. The molecule has 3 rings (SSSR count). The Morgan fingerprint density at radius 2 is 1.83 bits per heavy atom. The fraction of sp³-hybridized carbons (Fsp3) is 0.600. The molecule has 1 heterocycles. The quantitative estimate of drug-likeness (QED) is 0.699. The van der Waals surface area contributed by atoms with Gasteiger partial charge in [0.1, 0.15) is 0 Å². The lowest BCUT2D eigenvalue weighted by atomic mass is 9.85. The number of esters is 1. The standard InChI is InChI=1S/C20H25F3N2O5/c21-20(22,23)14-4-5-16(25-8-10-29-11-9-25)15(12-14)24-17(26)13-30-18(27)19(28)6-2-1-3-7-19/h4-5,12,28H,1-3,6-11,13H2,(H,24,26). The number of hydrogen-bond acceptors (Lipinski definition) is 6. The molecule has 166 valence electrons. The third-order valence-corrected chi connectivity index (χ3v) is 5.34. The molecule has 2 aliphatic rings. The van der Waals surface area contributed by atoms with E-state index in [0.717, 1.165) is 18.6 Å². The largest absolute Gasteiger partial charge is 0.453 e. The average Bonchev–Trinajstić information content (AvgIpc) is 2.72. The molecule has 0 bridgehead atoms. The molecule has 30 heavy (non-hydrogen) atoms. The normalized spacial score (nSPS) is 19.3. The van der Waals surface area contributed by atoms with E-state index in [9.17, 15) is 27.9 Å². The number of ether oxygens (including phenoxy) is 2. The van der Waals surface area contributed by atoms with Gasteiger partial charge in [-0.1, -0.05) is 6.42 Å². The van der Waals surface area contributed by atoms with E-state index < -0.39 is 35.8 Å². The van der Waals surface area contributed by atoms with Crippen molar-refractivity contribution in [1.29, 1.82) is 0 Å². The monoisotopic (exact) mass is 430 g/mol. The van der Waals surface area contributed by atoms with Crippen LogP contribution in [0.25, 0.3) is 0 Å². The van der Waals surface area contributed by atoms with Crippen LogP contribution in [0.5, 0.6) is 0 Å². The summed E-state index contributed by atoms with van der Waals surface area (Å²) in [5.41, 5.74) is -2.10. The minimum atomic E-state index is -4.57. The summed E-state index contributed by atoms with van der Waals surface area (Å²) in [6, 6.07) is 3.12. The van der Waals surface area contributed by atoms with Crippen LogP contribution in [0.2, 0.25) is 0 Å². The van der Waals surface area contributed by atoms with E-state index in [2.05, 4.69) is 5.32 Å². The van der Waals surface area contributed by atoms with Gasteiger partial charge in [-0.3, -0.25) is 4.79 Å². The zero-order valence-electron chi connectivity index (χ0n) is 16.5. The van der Waals surface area contributed by atoms with E-state index in [-0.39, 0.29) is 18.5 Å². The van der Waals surface area contributed by atoms with E-state index in [1.165, 1.54) is 6.07 Å². The first-order chi connectivity index (χ1) is 14.2. The second kappa shape index (κ2) is 9.22. The molecule has 1 aliphatic carbocycles. The van der Waals surface area contributed by atoms with E-state index >= 15 is 0 Å². The number of aliphatic hydroxyl groups is 1. The van der Waals surface area contributed by atoms with Crippen LogP contribution >= 0.6 is 0 Å². The lowest BCUT2D eigenvalue weighted by Crippen LogP contribution is -2.42. The summed E-state index contributed by atoms with van der Waals surface area (Å²) in [6.45, 7) is 1.08. The highest BCUT2D eigenvalue weighted by Gasteiger charge is 2.39. The summed E-state index contributed by atoms with van der Waals surface area (Å²) >= 11 is 0. The first-order valence-corrected chi connectivity index (χ1v) is 9.92. The van der Waals surface area contributed by atoms with Gasteiger partial charge in [-0.15, -0.1) is 0 Å². The summed E-state index contributed by atoms with van der Waals surface area (Å²) in [6.07, 6.45) is -1.75. The molecule has 1 aromatic carbocycles. The van der Waals surface area contributed by atoms with Crippen molar-refractivity contribution in [2.24, 2.45) is 0 Å². The molecule has 7 nitrogen and oxygen atoms in total. The van der Waals surface area contributed by atoms with E-state index in [1.807, 2.05) is 4.90 Å². The van der Waals surface area contributed by atoms with Crippen molar-refractivity contribution in [3.05, 3.63) is 23.8 Å². The van der Waals surface area contributed by atoms with Gasteiger partial charge in [0.25, 0.3) is 5.91 Å². The van der Waals surface area contributed by atoms with Crippen molar-refractivity contribution in [1.82, 2.24) is 0 Å². The van der Waals surface area contributed by atoms with Gasteiger partial charge in [-0.2, -0.15) is 13.2 Å². The number of alkyl halides is 3. The van der Waals surface area contributed by atoms with E-state index in [1.54, 1.807) is 0 Å². The summed E-state index contributed by atoms with van der Waals surface area (Å²) in [7, 11) is 0. The van der Waals surface area contributed by atoms with Crippen molar-refractivity contribution in [2.75, 3.05) is 43.1 Å². The molecule has 0 spiro atoms. The average molecular weight is 430 g/mol. The summed E-state index contributed by atoms with van der Waals surface area (Å²) in [5, 5.41) is 12.7. The Bertz CT molecular complexity index is 772. The highest BCUT2D eigenvalue weighted by Crippen LogP contribution is 2.36. The van der Waals surface area contributed by atoms with Crippen molar-refractivity contribution in [3.63, 3.8) is 0 Å². The number of benzene rings is 1. The minimum Gasteiger partial charge on any atom is -0.453 e. The Morgan fingerprint density at radius 3 is 2.47 bits per heavy atom. The smallest absolute Gasteiger partial charge is 0.416 e. The Morgan fingerprint density at radius 1 is 1.17 bits per heavy atom. The molecule has 2 fully saturated rings. The second-order valence-electron chi connectivity index (χ2n) is 7.55. The fourth-order valence-corrected chi connectivity index (χ4v) is 3.69. The summed E-state index contributed by atoms with van der Waals surface area (Å²) in [5.74, 6) is -1.66. The van der Waals surface area contributed by atoms with Gasteiger partial charge >= 0.3 is 12.1 Å². The number of amides is 1. The van der Waals surface area contributed by atoms with Gasteiger partial charge < -0.3 is 24.8 Å². The molecular formula is C20H25F3N2O5. The molecule has 0 atom stereocenters. The number of carbonyl (C=O) groups is 2. The van der Waals surface area contributed by atoms with Crippen molar-refractivity contribution >= 4 is 23.3 Å². The van der Waals surface area contributed by atoms with E-state index in [0.29, 0.717) is 44.8 Å². The van der Waals surface area contributed by atoms with Gasteiger partial charge in [0.15, 0.2) is 12.2 Å². The number of carbonyl (C=O) groups excluding carboxylic acids is 2. The van der Waals surface area contributed by atoms with Crippen LogP contribution in [0, 0.1) is 0 Å². The molecule has 1 aromatic rings. The molecule has 1 amide bonds. The highest BCUT2D eigenvalue weighted by atomic mass is 19.4. The molecule has 0 radical (unpaired) electrons. The second-order valence-corrected chi connectivity index (χ2v) is 7.55. The molecule has 0 unspecified atom stereocenters. The van der Waals surface area contributed by atoms with Crippen molar-refractivity contribution < 1.29 is 37.3 Å². The third-order valence-electron chi connectivity index (χ3n) is 5.34. The van der Waals surface area contributed by atoms with Gasteiger partial charge in [-0.25, -0.2) is 4.79 Å². The lowest BCUT2D eigenvalue weighted by molar-refractivity contribution is -0.170.